The first-order chi connectivity index (χ1) is 24.8. The Kier molecular flexibility index (Phi) is 6.60. The fourth-order valence-electron chi connectivity index (χ4n) is 8.06. The van der Waals surface area contributed by atoms with E-state index in [9.17, 15) is 0 Å². The van der Waals surface area contributed by atoms with Gasteiger partial charge in [-0.1, -0.05) is 170 Å². The molecule has 0 aliphatic carbocycles. The largest absolute Gasteiger partial charge is 0.0622 e. The van der Waals surface area contributed by atoms with Gasteiger partial charge in [-0.25, -0.2) is 0 Å². The summed E-state index contributed by atoms with van der Waals surface area (Å²) in [7, 11) is 0. The predicted octanol–water partition coefficient (Wildman–Crippen LogP) is 14.1. The van der Waals surface area contributed by atoms with Crippen molar-refractivity contribution < 1.29 is 0 Å². The minimum atomic E-state index is 1.22. The van der Waals surface area contributed by atoms with Crippen molar-refractivity contribution in [1.82, 2.24) is 0 Å². The van der Waals surface area contributed by atoms with Crippen molar-refractivity contribution in [3.63, 3.8) is 0 Å². The van der Waals surface area contributed by atoms with Gasteiger partial charge in [-0.15, -0.1) is 0 Å². The van der Waals surface area contributed by atoms with Gasteiger partial charge in [0.25, 0.3) is 0 Å². The zero-order chi connectivity index (χ0) is 33.0. The first-order valence-corrected chi connectivity index (χ1v) is 17.3. The van der Waals surface area contributed by atoms with E-state index in [4.69, 9.17) is 0 Å². The van der Waals surface area contributed by atoms with Gasteiger partial charge >= 0.3 is 0 Å². The highest BCUT2D eigenvalue weighted by atomic mass is 14.2. The third kappa shape index (κ3) is 4.61. The third-order valence-corrected chi connectivity index (χ3v) is 10.4. The van der Waals surface area contributed by atoms with Crippen LogP contribution in [-0.4, -0.2) is 0 Å². The molecule has 0 aliphatic heterocycles. The minimum Gasteiger partial charge on any atom is -0.0622 e. The summed E-state index contributed by atoms with van der Waals surface area (Å²) in [5, 5.41) is 12.7. The molecule has 0 nitrogen and oxygen atoms in total. The lowest BCUT2D eigenvalue weighted by Crippen LogP contribution is -1.93. The maximum Gasteiger partial charge on any atom is -0.00201 e. The topological polar surface area (TPSA) is 0 Å². The minimum absolute atomic E-state index is 1.22. The Balaban J connectivity index is 1.31. The summed E-state index contributed by atoms with van der Waals surface area (Å²) in [6.07, 6.45) is 0. The molecule has 0 amide bonds. The Morgan fingerprint density at radius 2 is 0.660 bits per heavy atom. The molecule has 0 heterocycles. The molecule has 10 aromatic rings. The molecule has 50 heavy (non-hydrogen) atoms. The van der Waals surface area contributed by atoms with Crippen LogP contribution in [-0.2, 0) is 0 Å². The molecule has 10 rings (SSSR count). The highest BCUT2D eigenvalue weighted by Gasteiger charge is 2.20. The van der Waals surface area contributed by atoms with E-state index >= 15 is 0 Å². The SMILES string of the molecule is c1ccc(-c2c(-c3ccccc3)c3cc(-c4cc5ccccc5c5ccccc45)ccc3c3ccc(-c4ccc5ccccc5c4)cc23)cc1. The molecular formula is C50H32. The van der Waals surface area contributed by atoms with E-state index in [0.717, 1.165) is 0 Å². The monoisotopic (exact) mass is 632 g/mol. The van der Waals surface area contributed by atoms with E-state index in [1.54, 1.807) is 0 Å². The number of rotatable bonds is 4. The first-order valence-electron chi connectivity index (χ1n) is 17.3. The van der Waals surface area contributed by atoms with Gasteiger partial charge in [-0.2, -0.15) is 0 Å². The summed E-state index contributed by atoms with van der Waals surface area (Å²) < 4.78 is 0. The van der Waals surface area contributed by atoms with E-state index in [0.29, 0.717) is 0 Å². The lowest BCUT2D eigenvalue weighted by atomic mass is 9.83. The lowest BCUT2D eigenvalue weighted by Gasteiger charge is -2.20. The zero-order valence-corrected chi connectivity index (χ0v) is 27.5. The lowest BCUT2D eigenvalue weighted by molar-refractivity contribution is 1.62. The maximum absolute atomic E-state index is 2.44. The Morgan fingerprint density at radius 3 is 1.34 bits per heavy atom. The van der Waals surface area contributed by atoms with Crippen LogP contribution >= 0.6 is 0 Å². The Bertz CT molecular complexity index is 2900. The van der Waals surface area contributed by atoms with Gasteiger partial charge in [0, 0.05) is 0 Å². The molecule has 0 fully saturated rings. The average Bonchev–Trinajstić information content (AvgIpc) is 3.20. The van der Waals surface area contributed by atoms with Gasteiger partial charge in [0.05, 0.1) is 0 Å². The summed E-state index contributed by atoms with van der Waals surface area (Å²) in [4.78, 5) is 0. The van der Waals surface area contributed by atoms with Crippen LogP contribution in [0.2, 0.25) is 0 Å². The van der Waals surface area contributed by atoms with E-state index in [-0.39, 0.29) is 0 Å². The first kappa shape index (κ1) is 28.5. The van der Waals surface area contributed by atoms with Crippen LogP contribution in [0.25, 0.3) is 98.4 Å². The van der Waals surface area contributed by atoms with Gasteiger partial charge < -0.3 is 0 Å². The number of benzene rings is 10. The molecular weight excluding hydrogens is 601 g/mol. The van der Waals surface area contributed by atoms with Crippen molar-refractivity contribution >= 4 is 53.9 Å². The highest BCUT2D eigenvalue weighted by molar-refractivity contribution is 6.23. The zero-order valence-electron chi connectivity index (χ0n) is 27.5. The van der Waals surface area contributed by atoms with Crippen LogP contribution in [0.15, 0.2) is 194 Å². The van der Waals surface area contributed by atoms with Crippen LogP contribution in [0.5, 0.6) is 0 Å². The second-order valence-corrected chi connectivity index (χ2v) is 13.3. The molecule has 0 aliphatic rings. The van der Waals surface area contributed by atoms with E-state index in [2.05, 4.69) is 194 Å². The number of hydrogen-bond acceptors (Lipinski definition) is 0. The van der Waals surface area contributed by atoms with Crippen molar-refractivity contribution in [2.24, 2.45) is 0 Å². The number of hydrogen-bond donors (Lipinski definition) is 0. The van der Waals surface area contributed by atoms with Crippen LogP contribution in [0, 0.1) is 0 Å². The van der Waals surface area contributed by atoms with Crippen LogP contribution in [0.3, 0.4) is 0 Å². The van der Waals surface area contributed by atoms with Crippen LogP contribution in [0.1, 0.15) is 0 Å². The Morgan fingerprint density at radius 1 is 0.200 bits per heavy atom. The molecule has 0 bridgehead atoms. The smallest absolute Gasteiger partial charge is 0.00201 e. The highest BCUT2D eigenvalue weighted by Crippen LogP contribution is 2.47. The Labute approximate surface area is 291 Å². The van der Waals surface area contributed by atoms with E-state index in [1.165, 1.54) is 98.4 Å². The Hall–Kier alpha value is -6.50. The summed E-state index contributed by atoms with van der Waals surface area (Å²) >= 11 is 0. The van der Waals surface area contributed by atoms with Crippen molar-refractivity contribution in [2.75, 3.05) is 0 Å². The standard InChI is InChI=1S/C50H32/c1-3-14-34(15-4-1)49-47-30-38(37-24-23-33-13-7-8-18-36(33)29-37)25-27-44(47)45-28-26-40(32-48(45)50(49)35-16-5-2-6-17-35)46-31-39-19-9-10-20-41(39)42-21-11-12-22-43(42)46/h1-32H. The second-order valence-electron chi connectivity index (χ2n) is 13.3. The fraction of sp³-hybridized carbons (Fsp3) is 0. The predicted molar refractivity (Wildman–Crippen MR) is 216 cm³/mol. The van der Waals surface area contributed by atoms with Gasteiger partial charge in [0.15, 0.2) is 0 Å². The van der Waals surface area contributed by atoms with E-state index < -0.39 is 0 Å². The molecule has 0 aromatic heterocycles. The molecule has 0 unspecified atom stereocenters. The fourth-order valence-corrected chi connectivity index (χ4v) is 8.06. The van der Waals surface area contributed by atoms with Crippen LogP contribution in [0.4, 0.5) is 0 Å². The van der Waals surface area contributed by atoms with Gasteiger partial charge in [-0.3, -0.25) is 0 Å². The van der Waals surface area contributed by atoms with Crippen molar-refractivity contribution in [3.05, 3.63) is 194 Å². The molecule has 0 spiro atoms. The van der Waals surface area contributed by atoms with Gasteiger partial charge in [0.2, 0.25) is 0 Å². The summed E-state index contributed by atoms with van der Waals surface area (Å²) in [6, 6.07) is 71.4. The second kappa shape index (κ2) is 11.6. The van der Waals surface area contributed by atoms with Crippen molar-refractivity contribution in [3.8, 4) is 44.5 Å². The normalized spacial score (nSPS) is 11.6. The molecule has 0 atom stereocenters. The molecule has 232 valence electrons. The molecule has 0 saturated heterocycles. The summed E-state index contributed by atoms with van der Waals surface area (Å²) in [5.74, 6) is 0. The third-order valence-electron chi connectivity index (χ3n) is 10.4. The summed E-state index contributed by atoms with van der Waals surface area (Å²) in [6.45, 7) is 0. The quantitative estimate of drug-likeness (QED) is 0.169. The van der Waals surface area contributed by atoms with Gasteiger partial charge in [-0.05, 0) is 123 Å². The van der Waals surface area contributed by atoms with Crippen LogP contribution < -0.4 is 0 Å². The number of fused-ring (bicyclic) bond motifs is 7. The molecule has 0 radical (unpaired) electrons. The molecule has 0 N–H and O–H groups in total. The van der Waals surface area contributed by atoms with Gasteiger partial charge in [0.1, 0.15) is 0 Å². The van der Waals surface area contributed by atoms with E-state index in [1.807, 2.05) is 0 Å². The van der Waals surface area contributed by atoms with Crippen molar-refractivity contribution in [1.29, 1.82) is 0 Å². The van der Waals surface area contributed by atoms with Crippen molar-refractivity contribution in [2.45, 2.75) is 0 Å². The average molecular weight is 633 g/mol. The molecule has 0 heteroatoms. The molecule has 0 saturated carbocycles. The maximum atomic E-state index is 2.44. The summed E-state index contributed by atoms with van der Waals surface area (Å²) in [5.41, 5.74) is 9.90. The molecule has 10 aromatic carbocycles.